The van der Waals surface area contributed by atoms with Crippen LogP contribution in [0.5, 0.6) is 0 Å². The molecule has 1 unspecified atom stereocenters. The minimum absolute atomic E-state index is 0.217. The zero-order valence-electron chi connectivity index (χ0n) is 10.4. The molecule has 1 aliphatic rings. The minimum Gasteiger partial charge on any atom is -0.309 e. The lowest BCUT2D eigenvalue weighted by atomic mass is 9.99. The maximum atomic E-state index is 4.19. The van der Waals surface area contributed by atoms with Crippen LogP contribution in [0.25, 0.3) is 0 Å². The highest BCUT2D eigenvalue weighted by Gasteiger charge is 2.28. The predicted octanol–water partition coefficient (Wildman–Crippen LogP) is 1.83. The van der Waals surface area contributed by atoms with E-state index in [1.807, 2.05) is 18.5 Å². The molecule has 16 heavy (non-hydrogen) atoms. The number of nitrogens with one attached hydrogen (secondary N) is 1. The molecule has 0 spiro atoms. The van der Waals surface area contributed by atoms with Crippen LogP contribution in [0.15, 0.2) is 24.5 Å². The fraction of sp³-hybridized carbons (Fsp3) is 0.615. The molecule has 1 fully saturated rings. The van der Waals surface area contributed by atoms with Gasteiger partial charge in [-0.3, -0.25) is 9.88 Å². The summed E-state index contributed by atoms with van der Waals surface area (Å²) in [6.07, 6.45) is 3.80. The van der Waals surface area contributed by atoms with E-state index in [9.17, 15) is 0 Å². The standard InChI is InChI=1S/C13H21N3/c1-11(12-5-4-6-14-9-12)16-8-7-15-13(2,3)10-16/h4-6,9,11,15H,7-8,10H2,1-3H3. The summed E-state index contributed by atoms with van der Waals surface area (Å²) in [4.78, 5) is 6.72. The highest BCUT2D eigenvalue weighted by atomic mass is 15.2. The Labute approximate surface area is 97.9 Å². The van der Waals surface area contributed by atoms with Crippen molar-refractivity contribution in [3.63, 3.8) is 0 Å². The quantitative estimate of drug-likeness (QED) is 0.822. The summed E-state index contributed by atoms with van der Waals surface area (Å²) in [5.41, 5.74) is 1.52. The molecule has 1 aromatic rings. The summed E-state index contributed by atoms with van der Waals surface area (Å²) in [6.45, 7) is 10.0. The van der Waals surface area contributed by atoms with Gasteiger partial charge in [-0.25, -0.2) is 0 Å². The topological polar surface area (TPSA) is 28.2 Å². The Balaban J connectivity index is 2.08. The first-order valence-corrected chi connectivity index (χ1v) is 5.97. The van der Waals surface area contributed by atoms with Gasteiger partial charge in [-0.1, -0.05) is 6.07 Å². The number of aromatic nitrogens is 1. The van der Waals surface area contributed by atoms with Crippen LogP contribution in [0, 0.1) is 0 Å². The molecule has 1 atom stereocenters. The molecule has 0 aliphatic carbocycles. The second kappa shape index (κ2) is 4.52. The molecule has 88 valence electrons. The molecule has 3 nitrogen and oxygen atoms in total. The lowest BCUT2D eigenvalue weighted by Crippen LogP contribution is -2.57. The van der Waals surface area contributed by atoms with Crippen LogP contribution in [0.1, 0.15) is 32.4 Å². The van der Waals surface area contributed by atoms with E-state index >= 15 is 0 Å². The summed E-state index contributed by atoms with van der Waals surface area (Å²) in [7, 11) is 0. The summed E-state index contributed by atoms with van der Waals surface area (Å²) in [5.74, 6) is 0. The van der Waals surface area contributed by atoms with E-state index in [0.29, 0.717) is 6.04 Å². The molecule has 3 heteroatoms. The summed E-state index contributed by atoms with van der Waals surface area (Å²) in [5, 5.41) is 3.54. The van der Waals surface area contributed by atoms with Gasteiger partial charge in [-0.15, -0.1) is 0 Å². The molecule has 1 N–H and O–H groups in total. The van der Waals surface area contributed by atoms with Crippen molar-refractivity contribution >= 4 is 0 Å². The third kappa shape index (κ3) is 2.60. The molecule has 1 aromatic heterocycles. The predicted molar refractivity (Wildman–Crippen MR) is 66.3 cm³/mol. The van der Waals surface area contributed by atoms with E-state index in [0.717, 1.165) is 19.6 Å². The number of piperazine rings is 1. The van der Waals surface area contributed by atoms with Crippen molar-refractivity contribution in [3.8, 4) is 0 Å². The SMILES string of the molecule is CC(c1cccnc1)N1CCNC(C)(C)C1. The normalized spacial score (nSPS) is 22.9. The van der Waals surface area contributed by atoms with E-state index in [-0.39, 0.29) is 5.54 Å². The van der Waals surface area contributed by atoms with E-state index < -0.39 is 0 Å². The largest absolute Gasteiger partial charge is 0.309 e. The monoisotopic (exact) mass is 219 g/mol. The van der Waals surface area contributed by atoms with Crippen LogP contribution in [0.3, 0.4) is 0 Å². The molecule has 0 radical (unpaired) electrons. The van der Waals surface area contributed by atoms with Gasteiger partial charge in [-0.2, -0.15) is 0 Å². The Morgan fingerprint density at radius 2 is 2.31 bits per heavy atom. The van der Waals surface area contributed by atoms with Crippen LogP contribution in [-0.2, 0) is 0 Å². The maximum Gasteiger partial charge on any atom is 0.0336 e. The van der Waals surface area contributed by atoms with Crippen molar-refractivity contribution in [2.75, 3.05) is 19.6 Å². The van der Waals surface area contributed by atoms with Crippen LogP contribution in [0.4, 0.5) is 0 Å². The Morgan fingerprint density at radius 1 is 1.50 bits per heavy atom. The van der Waals surface area contributed by atoms with Gasteiger partial charge in [0.1, 0.15) is 0 Å². The Hall–Kier alpha value is -0.930. The Morgan fingerprint density at radius 3 is 2.94 bits per heavy atom. The maximum absolute atomic E-state index is 4.19. The first-order valence-electron chi connectivity index (χ1n) is 5.97. The summed E-state index contributed by atoms with van der Waals surface area (Å²) >= 11 is 0. The van der Waals surface area contributed by atoms with Crippen molar-refractivity contribution in [3.05, 3.63) is 30.1 Å². The lowest BCUT2D eigenvalue weighted by molar-refractivity contribution is 0.116. The number of nitrogens with zero attached hydrogens (tertiary/aromatic N) is 2. The molecule has 2 heterocycles. The van der Waals surface area contributed by atoms with E-state index in [1.165, 1.54) is 5.56 Å². The highest BCUT2D eigenvalue weighted by Crippen LogP contribution is 2.23. The molecule has 1 aliphatic heterocycles. The third-order valence-electron chi connectivity index (χ3n) is 3.32. The van der Waals surface area contributed by atoms with E-state index in [1.54, 1.807) is 0 Å². The zero-order chi connectivity index (χ0) is 11.6. The minimum atomic E-state index is 0.217. The van der Waals surface area contributed by atoms with Gasteiger partial charge >= 0.3 is 0 Å². The molecule has 0 amide bonds. The molecular formula is C13H21N3. The fourth-order valence-corrected chi connectivity index (χ4v) is 2.35. The molecule has 0 saturated carbocycles. The van der Waals surface area contributed by atoms with Gasteiger partial charge in [-0.05, 0) is 32.4 Å². The first-order chi connectivity index (χ1) is 7.58. The number of hydrogen-bond donors (Lipinski definition) is 1. The van der Waals surface area contributed by atoms with Crippen LogP contribution >= 0.6 is 0 Å². The molecule has 0 aromatic carbocycles. The highest BCUT2D eigenvalue weighted by molar-refractivity contribution is 5.13. The van der Waals surface area contributed by atoms with Crippen molar-refractivity contribution in [1.29, 1.82) is 0 Å². The molecule has 0 bridgehead atoms. The Bertz CT molecular complexity index is 334. The molecule has 2 rings (SSSR count). The van der Waals surface area contributed by atoms with Gasteiger partial charge in [0.05, 0.1) is 0 Å². The van der Waals surface area contributed by atoms with Gasteiger partial charge in [0.15, 0.2) is 0 Å². The van der Waals surface area contributed by atoms with Crippen molar-refractivity contribution < 1.29 is 0 Å². The van der Waals surface area contributed by atoms with Crippen molar-refractivity contribution in [1.82, 2.24) is 15.2 Å². The number of pyridine rings is 1. The zero-order valence-corrected chi connectivity index (χ0v) is 10.4. The van der Waals surface area contributed by atoms with Gasteiger partial charge < -0.3 is 5.32 Å². The molecular weight excluding hydrogens is 198 g/mol. The average molecular weight is 219 g/mol. The second-order valence-electron chi connectivity index (χ2n) is 5.24. The van der Waals surface area contributed by atoms with E-state index in [4.69, 9.17) is 0 Å². The lowest BCUT2D eigenvalue weighted by Gasteiger charge is -2.42. The van der Waals surface area contributed by atoms with Crippen molar-refractivity contribution in [2.24, 2.45) is 0 Å². The van der Waals surface area contributed by atoms with Crippen LogP contribution in [0.2, 0.25) is 0 Å². The second-order valence-corrected chi connectivity index (χ2v) is 5.24. The van der Waals surface area contributed by atoms with Gasteiger partial charge in [0.25, 0.3) is 0 Å². The Kier molecular flexibility index (Phi) is 3.26. The van der Waals surface area contributed by atoms with E-state index in [2.05, 4.69) is 42.0 Å². The molecule has 1 saturated heterocycles. The number of rotatable bonds is 2. The van der Waals surface area contributed by atoms with Gasteiger partial charge in [0, 0.05) is 43.6 Å². The van der Waals surface area contributed by atoms with Gasteiger partial charge in [0.2, 0.25) is 0 Å². The van der Waals surface area contributed by atoms with Crippen LogP contribution < -0.4 is 5.32 Å². The van der Waals surface area contributed by atoms with Crippen LogP contribution in [-0.4, -0.2) is 35.1 Å². The first kappa shape index (κ1) is 11.6. The number of hydrogen-bond acceptors (Lipinski definition) is 3. The summed E-state index contributed by atoms with van der Waals surface area (Å²) in [6, 6.07) is 4.63. The van der Waals surface area contributed by atoms with Crippen molar-refractivity contribution in [2.45, 2.75) is 32.4 Å². The fourth-order valence-electron chi connectivity index (χ4n) is 2.35. The smallest absolute Gasteiger partial charge is 0.0336 e. The summed E-state index contributed by atoms with van der Waals surface area (Å²) < 4.78 is 0. The average Bonchev–Trinajstić information content (AvgIpc) is 2.28. The third-order valence-corrected chi connectivity index (χ3v) is 3.32.